The van der Waals surface area contributed by atoms with Gasteiger partial charge in [-0.05, 0) is 36.5 Å². The molecule has 0 atom stereocenters. The number of ether oxygens (including phenoxy) is 1. The predicted octanol–water partition coefficient (Wildman–Crippen LogP) is 3.28. The highest BCUT2D eigenvalue weighted by Crippen LogP contribution is 2.29. The Labute approximate surface area is 128 Å². The molecule has 1 aromatic rings. The molecule has 0 unspecified atom stereocenters. The van der Waals surface area contributed by atoms with Gasteiger partial charge in [0.05, 0.1) is 12.4 Å². The van der Waals surface area contributed by atoms with Crippen molar-refractivity contribution in [3.05, 3.63) is 29.8 Å². The minimum absolute atomic E-state index is 0.0446. The number of hydrogen-bond acceptors (Lipinski definition) is 3. The molecule has 1 aromatic carbocycles. The molecule has 0 aliphatic carbocycles. The van der Waals surface area contributed by atoms with Crippen LogP contribution in [0.1, 0.15) is 52.0 Å². The molecule has 4 nitrogen and oxygen atoms in total. The summed E-state index contributed by atoms with van der Waals surface area (Å²) in [5, 5.41) is 5.21. The summed E-state index contributed by atoms with van der Waals surface area (Å²) >= 11 is 0. The fourth-order valence-electron chi connectivity index (χ4n) is 2.31. The van der Waals surface area contributed by atoms with Crippen molar-refractivity contribution in [3.63, 3.8) is 0 Å². The Morgan fingerprint density at radius 1 is 1.14 bits per heavy atom. The maximum atomic E-state index is 11.4. The smallest absolute Gasteiger partial charge is 0.209 e. The van der Waals surface area contributed by atoms with Gasteiger partial charge in [-0.15, -0.1) is 0 Å². The molecule has 0 aromatic heterocycles. The molecule has 0 radical (unpaired) electrons. The van der Waals surface area contributed by atoms with Crippen LogP contribution in [0.2, 0.25) is 0 Å². The van der Waals surface area contributed by atoms with Crippen LogP contribution >= 0.6 is 0 Å². The number of sulfonamides is 1. The van der Waals surface area contributed by atoms with Gasteiger partial charge >= 0.3 is 0 Å². The number of hydrogen-bond donors (Lipinski definition) is 1. The van der Waals surface area contributed by atoms with E-state index in [0.29, 0.717) is 25.4 Å². The van der Waals surface area contributed by atoms with Crippen molar-refractivity contribution in [1.82, 2.24) is 0 Å². The Hall–Kier alpha value is -1.07. The highest BCUT2D eigenvalue weighted by molar-refractivity contribution is 7.89. The van der Waals surface area contributed by atoms with Crippen molar-refractivity contribution in [2.75, 3.05) is 12.4 Å². The van der Waals surface area contributed by atoms with Crippen molar-refractivity contribution < 1.29 is 13.2 Å². The summed E-state index contributed by atoms with van der Waals surface area (Å²) in [5.74, 6) is 1.20. The topological polar surface area (TPSA) is 69.4 Å². The fraction of sp³-hybridized carbons (Fsp3) is 0.625. The second-order valence-corrected chi connectivity index (χ2v) is 7.64. The zero-order chi connectivity index (χ0) is 16.1. The normalized spacial score (nSPS) is 12.7. The van der Waals surface area contributed by atoms with Gasteiger partial charge in [-0.25, -0.2) is 13.6 Å². The van der Waals surface area contributed by atoms with Crippen LogP contribution < -0.4 is 9.88 Å². The van der Waals surface area contributed by atoms with Gasteiger partial charge in [0.2, 0.25) is 10.0 Å². The third-order valence-corrected chi connectivity index (χ3v) is 5.11. The van der Waals surface area contributed by atoms with Crippen LogP contribution in [0.3, 0.4) is 0 Å². The Morgan fingerprint density at radius 2 is 1.67 bits per heavy atom. The first-order valence-corrected chi connectivity index (χ1v) is 9.16. The average Bonchev–Trinajstić information content (AvgIpc) is 2.42. The lowest BCUT2D eigenvalue weighted by molar-refractivity contribution is 0.154. The summed E-state index contributed by atoms with van der Waals surface area (Å²) in [4.78, 5) is 0. The van der Waals surface area contributed by atoms with Crippen molar-refractivity contribution in [3.8, 4) is 5.75 Å². The van der Waals surface area contributed by atoms with Gasteiger partial charge in [-0.2, -0.15) is 0 Å². The molecular weight excluding hydrogens is 286 g/mol. The van der Waals surface area contributed by atoms with Gasteiger partial charge in [0.15, 0.2) is 0 Å². The van der Waals surface area contributed by atoms with Crippen molar-refractivity contribution in [1.29, 1.82) is 0 Å². The van der Waals surface area contributed by atoms with E-state index < -0.39 is 15.4 Å². The van der Waals surface area contributed by atoms with Crippen LogP contribution in [0.25, 0.3) is 0 Å². The molecule has 1 rings (SSSR count). The van der Waals surface area contributed by atoms with Crippen molar-refractivity contribution in [2.24, 2.45) is 10.6 Å². The zero-order valence-corrected chi connectivity index (χ0v) is 14.2. The molecule has 0 fully saturated rings. The number of nitrogens with two attached hydrogens (primary N) is 1. The molecule has 21 heavy (non-hydrogen) atoms. The second-order valence-electron chi connectivity index (χ2n) is 6.03. The quantitative estimate of drug-likeness (QED) is 0.800. The van der Waals surface area contributed by atoms with E-state index >= 15 is 0 Å². The van der Waals surface area contributed by atoms with Crippen LogP contribution in [0.4, 0.5) is 0 Å². The zero-order valence-electron chi connectivity index (χ0n) is 13.4. The van der Waals surface area contributed by atoms with Crippen LogP contribution in [-0.2, 0) is 10.0 Å². The Kier molecular flexibility index (Phi) is 6.23. The van der Waals surface area contributed by atoms with Gasteiger partial charge in [0.1, 0.15) is 5.75 Å². The first-order chi connectivity index (χ1) is 9.71. The summed E-state index contributed by atoms with van der Waals surface area (Å²) in [6, 6.07) is 7.95. The molecule has 120 valence electrons. The number of rotatable bonds is 8. The fourth-order valence-corrected chi connectivity index (χ4v) is 3.66. The standard InChI is InChI=1S/C16H27NO3S/c1-5-16(6-2,12-21(17,18)19)11-20-15-9-7-14(8-10-15)13(3)4/h7-10,13H,5-6,11-12H2,1-4H3,(H2,17,18,19). The summed E-state index contributed by atoms with van der Waals surface area (Å²) in [7, 11) is -3.51. The highest BCUT2D eigenvalue weighted by Gasteiger charge is 2.32. The summed E-state index contributed by atoms with van der Waals surface area (Å²) in [6.07, 6.45) is 1.42. The van der Waals surface area contributed by atoms with E-state index in [1.54, 1.807) is 0 Å². The van der Waals surface area contributed by atoms with Gasteiger partial charge in [0, 0.05) is 5.41 Å². The number of benzene rings is 1. The van der Waals surface area contributed by atoms with Crippen LogP contribution in [0.5, 0.6) is 5.75 Å². The van der Waals surface area contributed by atoms with E-state index in [0.717, 1.165) is 5.75 Å². The van der Waals surface area contributed by atoms with E-state index in [1.807, 2.05) is 38.1 Å². The highest BCUT2D eigenvalue weighted by atomic mass is 32.2. The molecule has 5 heteroatoms. The van der Waals surface area contributed by atoms with Crippen LogP contribution in [0.15, 0.2) is 24.3 Å². The molecule has 0 aliphatic heterocycles. The molecule has 0 aliphatic rings. The van der Waals surface area contributed by atoms with Gasteiger partial charge in [-0.3, -0.25) is 0 Å². The minimum atomic E-state index is -3.51. The molecule has 0 spiro atoms. The van der Waals surface area contributed by atoms with Crippen LogP contribution in [-0.4, -0.2) is 20.8 Å². The molecule has 0 saturated carbocycles. The molecule has 0 amide bonds. The van der Waals surface area contributed by atoms with Crippen LogP contribution in [0, 0.1) is 5.41 Å². The maximum Gasteiger partial charge on any atom is 0.209 e. The van der Waals surface area contributed by atoms with Gasteiger partial charge in [0.25, 0.3) is 0 Å². The van der Waals surface area contributed by atoms with E-state index in [-0.39, 0.29) is 5.75 Å². The SMILES string of the molecule is CCC(CC)(COc1ccc(C(C)C)cc1)CS(N)(=O)=O. The molecular formula is C16H27NO3S. The van der Waals surface area contributed by atoms with E-state index in [2.05, 4.69) is 13.8 Å². The summed E-state index contributed by atoms with van der Waals surface area (Å²) < 4.78 is 28.6. The Morgan fingerprint density at radius 3 is 2.05 bits per heavy atom. The Balaban J connectivity index is 2.77. The third-order valence-electron chi connectivity index (χ3n) is 4.10. The predicted molar refractivity (Wildman–Crippen MR) is 87.0 cm³/mol. The van der Waals surface area contributed by atoms with E-state index in [1.165, 1.54) is 5.56 Å². The largest absolute Gasteiger partial charge is 0.493 e. The van der Waals surface area contributed by atoms with E-state index in [9.17, 15) is 8.42 Å². The first-order valence-electron chi connectivity index (χ1n) is 7.44. The lowest BCUT2D eigenvalue weighted by Gasteiger charge is -2.30. The molecule has 2 N–H and O–H groups in total. The first kappa shape index (κ1) is 18.0. The lowest BCUT2D eigenvalue weighted by atomic mass is 9.85. The maximum absolute atomic E-state index is 11.4. The summed E-state index contributed by atoms with van der Waals surface area (Å²) in [6.45, 7) is 8.58. The van der Waals surface area contributed by atoms with Gasteiger partial charge < -0.3 is 4.74 Å². The second kappa shape index (κ2) is 7.27. The molecule has 0 saturated heterocycles. The molecule has 0 heterocycles. The Bertz CT molecular complexity index is 531. The summed E-state index contributed by atoms with van der Waals surface area (Å²) in [5.41, 5.74) is 0.828. The van der Waals surface area contributed by atoms with E-state index in [4.69, 9.17) is 9.88 Å². The average molecular weight is 313 g/mol. The van der Waals surface area contributed by atoms with Crippen molar-refractivity contribution >= 4 is 10.0 Å². The molecule has 0 bridgehead atoms. The number of primary sulfonamides is 1. The third kappa shape index (κ3) is 5.67. The monoisotopic (exact) mass is 313 g/mol. The minimum Gasteiger partial charge on any atom is -0.493 e. The van der Waals surface area contributed by atoms with Gasteiger partial charge in [-0.1, -0.05) is 39.8 Å². The lowest BCUT2D eigenvalue weighted by Crippen LogP contribution is -2.37. The van der Waals surface area contributed by atoms with Crippen molar-refractivity contribution in [2.45, 2.75) is 46.5 Å².